The van der Waals surface area contributed by atoms with Gasteiger partial charge in [0.05, 0.1) is 0 Å². The van der Waals surface area contributed by atoms with Crippen molar-refractivity contribution >= 4 is 11.3 Å². The van der Waals surface area contributed by atoms with Gasteiger partial charge in [0, 0.05) is 9.75 Å². The summed E-state index contributed by atoms with van der Waals surface area (Å²) in [5.74, 6) is 0.910. The van der Waals surface area contributed by atoms with Crippen LogP contribution in [-0.2, 0) is 6.42 Å². The van der Waals surface area contributed by atoms with Gasteiger partial charge in [-0.3, -0.25) is 0 Å². The number of aryl methyl sites for hydroxylation is 1. The summed E-state index contributed by atoms with van der Waals surface area (Å²) in [5.41, 5.74) is 3.74. The smallest absolute Gasteiger partial charge is 0.119 e. The van der Waals surface area contributed by atoms with Crippen LogP contribution in [0.1, 0.15) is 31.6 Å². The van der Waals surface area contributed by atoms with Gasteiger partial charge in [-0.05, 0) is 53.8 Å². The lowest BCUT2D eigenvalue weighted by atomic mass is 10.0. The fraction of sp³-hybridized carbons (Fsp3) is 0.250. The first kappa shape index (κ1) is 18.5. The van der Waals surface area contributed by atoms with Crippen molar-refractivity contribution in [3.05, 3.63) is 77.7 Å². The van der Waals surface area contributed by atoms with Crippen LogP contribution >= 0.6 is 11.3 Å². The first-order valence-electron chi connectivity index (χ1n) is 9.37. The van der Waals surface area contributed by atoms with E-state index in [1.807, 2.05) is 23.5 Å². The lowest BCUT2D eigenvalue weighted by molar-refractivity contribution is 0.362. The summed E-state index contributed by atoms with van der Waals surface area (Å²) in [7, 11) is 0. The zero-order valence-electron chi connectivity index (χ0n) is 15.6. The van der Waals surface area contributed by atoms with Crippen molar-refractivity contribution in [2.45, 2.75) is 33.1 Å². The zero-order valence-corrected chi connectivity index (χ0v) is 16.4. The van der Waals surface area contributed by atoms with Gasteiger partial charge in [0.2, 0.25) is 0 Å². The molecule has 0 unspecified atom stereocenters. The summed E-state index contributed by atoms with van der Waals surface area (Å²) in [4.78, 5) is 2.82. The average molecular weight is 363 g/mol. The molecular formula is C24H26OS. The van der Waals surface area contributed by atoms with Gasteiger partial charge < -0.3 is 4.74 Å². The Balaban J connectivity index is 1.66. The highest BCUT2D eigenvalue weighted by Crippen LogP contribution is 2.31. The number of hydrogen-bond donors (Lipinski definition) is 0. The molecule has 1 heterocycles. The molecule has 3 rings (SSSR count). The third kappa shape index (κ3) is 4.86. The number of benzene rings is 2. The topological polar surface area (TPSA) is 9.23 Å². The van der Waals surface area contributed by atoms with Crippen LogP contribution in [0.5, 0.6) is 5.75 Å². The van der Waals surface area contributed by atoms with E-state index < -0.39 is 0 Å². The van der Waals surface area contributed by atoms with Crippen LogP contribution < -0.4 is 4.74 Å². The van der Waals surface area contributed by atoms with E-state index in [-0.39, 0.29) is 0 Å². The molecule has 3 aromatic rings. The number of rotatable bonds is 8. The van der Waals surface area contributed by atoms with Crippen molar-refractivity contribution in [1.29, 1.82) is 0 Å². The Kier molecular flexibility index (Phi) is 6.68. The molecule has 2 aromatic carbocycles. The Morgan fingerprint density at radius 2 is 1.42 bits per heavy atom. The van der Waals surface area contributed by atoms with Gasteiger partial charge in [-0.25, -0.2) is 0 Å². The summed E-state index contributed by atoms with van der Waals surface area (Å²) in [6.07, 6.45) is 7.60. The summed E-state index contributed by atoms with van der Waals surface area (Å²) >= 11 is 1.90. The van der Waals surface area contributed by atoms with Gasteiger partial charge in [-0.2, -0.15) is 0 Å². The maximum absolute atomic E-state index is 5.71. The lowest BCUT2D eigenvalue weighted by Gasteiger charge is -2.06. The summed E-state index contributed by atoms with van der Waals surface area (Å²) < 4.78 is 5.71. The molecule has 0 aliphatic carbocycles. The summed E-state index contributed by atoms with van der Waals surface area (Å²) in [6, 6.07) is 21.7. The largest absolute Gasteiger partial charge is 0.490 e. The summed E-state index contributed by atoms with van der Waals surface area (Å²) in [6.45, 7) is 4.98. The molecule has 0 saturated carbocycles. The van der Waals surface area contributed by atoms with E-state index in [9.17, 15) is 0 Å². The fourth-order valence-corrected chi connectivity index (χ4v) is 3.98. The van der Waals surface area contributed by atoms with E-state index in [0.717, 1.165) is 12.2 Å². The highest BCUT2D eigenvalue weighted by atomic mass is 32.1. The van der Waals surface area contributed by atoms with Gasteiger partial charge >= 0.3 is 0 Å². The Morgan fingerprint density at radius 1 is 0.769 bits per heavy atom. The second-order valence-corrected chi connectivity index (χ2v) is 7.48. The van der Waals surface area contributed by atoms with Crippen LogP contribution in [0.3, 0.4) is 0 Å². The molecule has 0 bridgehead atoms. The quantitative estimate of drug-likeness (QED) is 0.380. The normalized spacial score (nSPS) is 11.2. The van der Waals surface area contributed by atoms with Crippen molar-refractivity contribution in [2.24, 2.45) is 0 Å². The van der Waals surface area contributed by atoms with Gasteiger partial charge in [0.25, 0.3) is 0 Å². The fourth-order valence-electron chi connectivity index (χ4n) is 2.86. The molecule has 0 spiro atoms. The van der Waals surface area contributed by atoms with E-state index in [0.29, 0.717) is 6.61 Å². The van der Waals surface area contributed by atoms with Crippen LogP contribution in [-0.4, -0.2) is 6.61 Å². The molecule has 134 valence electrons. The van der Waals surface area contributed by atoms with Crippen LogP contribution in [0, 0.1) is 0 Å². The SMILES string of the molecule is CC/C=C/COc1ccc(-c2ccc(-c3ccc(CCC)s3)cc2)cc1. The van der Waals surface area contributed by atoms with E-state index in [2.05, 4.69) is 74.5 Å². The molecular weight excluding hydrogens is 336 g/mol. The average Bonchev–Trinajstić information content (AvgIpc) is 3.15. The van der Waals surface area contributed by atoms with Crippen molar-refractivity contribution < 1.29 is 4.74 Å². The van der Waals surface area contributed by atoms with Crippen molar-refractivity contribution in [1.82, 2.24) is 0 Å². The molecule has 26 heavy (non-hydrogen) atoms. The van der Waals surface area contributed by atoms with E-state index in [1.54, 1.807) is 0 Å². The highest BCUT2D eigenvalue weighted by Gasteiger charge is 2.04. The number of thiophene rings is 1. The molecule has 0 aliphatic rings. The number of allylic oxidation sites excluding steroid dienone is 1. The highest BCUT2D eigenvalue weighted by molar-refractivity contribution is 7.15. The number of hydrogen-bond acceptors (Lipinski definition) is 2. The molecule has 0 atom stereocenters. The zero-order chi connectivity index (χ0) is 18.2. The second-order valence-electron chi connectivity index (χ2n) is 6.31. The molecule has 1 aromatic heterocycles. The minimum Gasteiger partial charge on any atom is -0.490 e. The van der Waals surface area contributed by atoms with Gasteiger partial charge in [0.1, 0.15) is 12.4 Å². The standard InChI is InChI=1S/C24H26OS/c1-3-5-6-18-25-22-14-12-20(13-15-22)19-8-10-21(11-9-19)24-17-16-23(26-24)7-4-2/h5-6,8-17H,3-4,7,18H2,1-2H3/b6-5+. The van der Waals surface area contributed by atoms with E-state index in [4.69, 9.17) is 4.74 Å². The second kappa shape index (κ2) is 9.40. The minimum atomic E-state index is 0.628. The van der Waals surface area contributed by atoms with Crippen LogP contribution in [0.25, 0.3) is 21.6 Å². The van der Waals surface area contributed by atoms with Gasteiger partial charge in [0.15, 0.2) is 0 Å². The van der Waals surface area contributed by atoms with Crippen molar-refractivity contribution in [2.75, 3.05) is 6.61 Å². The molecule has 0 radical (unpaired) electrons. The van der Waals surface area contributed by atoms with E-state index in [1.165, 1.54) is 39.3 Å². The number of ether oxygens (including phenoxy) is 1. The maximum atomic E-state index is 5.71. The van der Waals surface area contributed by atoms with E-state index >= 15 is 0 Å². The van der Waals surface area contributed by atoms with Gasteiger partial charge in [-0.15, -0.1) is 11.3 Å². The molecule has 0 amide bonds. The van der Waals surface area contributed by atoms with Gasteiger partial charge in [-0.1, -0.05) is 68.8 Å². The lowest BCUT2D eigenvalue weighted by Crippen LogP contribution is -1.92. The molecule has 0 N–H and O–H groups in total. The Labute approximate surface area is 161 Å². The Morgan fingerprint density at radius 3 is 2.08 bits per heavy atom. The predicted molar refractivity (Wildman–Crippen MR) is 114 cm³/mol. The maximum Gasteiger partial charge on any atom is 0.119 e. The van der Waals surface area contributed by atoms with Crippen LogP contribution in [0.15, 0.2) is 72.8 Å². The predicted octanol–water partition coefficient (Wildman–Crippen LogP) is 7.38. The third-order valence-corrected chi connectivity index (χ3v) is 5.46. The summed E-state index contributed by atoms with van der Waals surface area (Å²) in [5, 5.41) is 0. The minimum absolute atomic E-state index is 0.628. The van der Waals surface area contributed by atoms with Crippen molar-refractivity contribution in [3.8, 4) is 27.3 Å². The molecule has 0 saturated heterocycles. The molecule has 2 heteroatoms. The van der Waals surface area contributed by atoms with Crippen LogP contribution in [0.2, 0.25) is 0 Å². The Hall–Kier alpha value is -2.32. The molecule has 0 aliphatic heterocycles. The molecule has 1 nitrogen and oxygen atoms in total. The molecule has 0 fully saturated rings. The monoisotopic (exact) mass is 362 g/mol. The first-order chi connectivity index (χ1) is 12.8. The van der Waals surface area contributed by atoms with Crippen molar-refractivity contribution in [3.63, 3.8) is 0 Å². The first-order valence-corrected chi connectivity index (χ1v) is 10.2. The Bertz CT molecular complexity index is 825. The third-order valence-electron chi connectivity index (χ3n) is 4.26. The van der Waals surface area contributed by atoms with Crippen LogP contribution in [0.4, 0.5) is 0 Å².